The van der Waals surface area contributed by atoms with Crippen LogP contribution in [0.4, 0.5) is 4.39 Å². The highest BCUT2D eigenvalue weighted by Gasteiger charge is 2.32. The van der Waals surface area contributed by atoms with Crippen molar-refractivity contribution in [3.05, 3.63) is 69.4 Å². The van der Waals surface area contributed by atoms with Crippen molar-refractivity contribution in [2.75, 3.05) is 11.8 Å². The van der Waals surface area contributed by atoms with Gasteiger partial charge in [0.15, 0.2) is 0 Å². The highest BCUT2D eigenvalue weighted by Crippen LogP contribution is 2.34. The van der Waals surface area contributed by atoms with Gasteiger partial charge in [0.05, 0.1) is 0 Å². The Kier molecular flexibility index (Phi) is 5.70. The van der Waals surface area contributed by atoms with E-state index >= 15 is 0 Å². The fraction of sp³-hybridized carbons (Fsp3) is 0.294. The first-order valence-corrected chi connectivity index (χ1v) is 8.50. The van der Waals surface area contributed by atoms with Crippen LogP contribution in [0.1, 0.15) is 16.7 Å². The van der Waals surface area contributed by atoms with Crippen LogP contribution < -0.4 is 0 Å². The van der Waals surface area contributed by atoms with Crippen molar-refractivity contribution < 1.29 is 4.39 Å². The summed E-state index contributed by atoms with van der Waals surface area (Å²) in [6, 6.07) is 13.0. The van der Waals surface area contributed by atoms with E-state index in [1.54, 1.807) is 0 Å². The van der Waals surface area contributed by atoms with E-state index in [9.17, 15) is 4.39 Å². The Morgan fingerprint density at radius 3 is 2.33 bits per heavy atom. The highest BCUT2D eigenvalue weighted by molar-refractivity contribution is 9.10. The van der Waals surface area contributed by atoms with Gasteiger partial charge in [-0.25, -0.2) is 4.39 Å². The Morgan fingerprint density at radius 1 is 1.10 bits per heavy atom. The van der Waals surface area contributed by atoms with Gasteiger partial charge in [-0.05, 0) is 48.2 Å². The first kappa shape index (κ1) is 16.8. The van der Waals surface area contributed by atoms with E-state index < -0.39 is 5.41 Å². The van der Waals surface area contributed by atoms with Gasteiger partial charge in [0.2, 0.25) is 0 Å². The van der Waals surface area contributed by atoms with Crippen molar-refractivity contribution >= 4 is 39.1 Å². The molecule has 4 heteroatoms. The zero-order valence-electron chi connectivity index (χ0n) is 11.7. The molecule has 0 saturated carbocycles. The van der Waals surface area contributed by atoms with Gasteiger partial charge in [0.1, 0.15) is 5.82 Å². The number of hydrogen-bond donors (Lipinski definition) is 0. The van der Waals surface area contributed by atoms with Gasteiger partial charge in [0.25, 0.3) is 0 Å². The molecule has 0 heterocycles. The van der Waals surface area contributed by atoms with Gasteiger partial charge >= 0.3 is 0 Å². The zero-order chi connectivity index (χ0) is 15.5. The molecule has 0 atom stereocenters. The zero-order valence-corrected chi connectivity index (χ0v) is 14.8. The van der Waals surface area contributed by atoms with E-state index in [4.69, 9.17) is 23.2 Å². The number of rotatable bonds is 5. The average Bonchev–Trinajstić information content (AvgIpc) is 2.44. The van der Waals surface area contributed by atoms with E-state index in [2.05, 4.69) is 22.0 Å². The van der Waals surface area contributed by atoms with Gasteiger partial charge in [0, 0.05) is 21.6 Å². The minimum atomic E-state index is -0.401. The summed E-state index contributed by atoms with van der Waals surface area (Å²) < 4.78 is 14.3. The molecule has 2 aromatic carbocycles. The van der Waals surface area contributed by atoms with E-state index in [0.29, 0.717) is 18.2 Å². The van der Waals surface area contributed by atoms with Crippen LogP contribution in [-0.2, 0) is 11.8 Å². The van der Waals surface area contributed by atoms with Crippen molar-refractivity contribution in [1.82, 2.24) is 0 Å². The Labute approximate surface area is 143 Å². The SMILES string of the molecule is Cc1ccccc1C(CCl)(CCl)Cc1cc(F)cc(Br)c1. The molecule has 0 aliphatic rings. The summed E-state index contributed by atoms with van der Waals surface area (Å²) in [6.07, 6.45) is 0.598. The first-order chi connectivity index (χ1) is 10.0. The molecule has 2 aromatic rings. The summed E-state index contributed by atoms with van der Waals surface area (Å²) in [5.41, 5.74) is 2.75. The molecule has 21 heavy (non-hydrogen) atoms. The molecule has 0 aromatic heterocycles. The highest BCUT2D eigenvalue weighted by atomic mass is 79.9. The van der Waals surface area contributed by atoms with Crippen molar-refractivity contribution in [3.63, 3.8) is 0 Å². The second-order valence-corrected chi connectivity index (χ2v) is 6.77. The lowest BCUT2D eigenvalue weighted by Gasteiger charge is -2.32. The molecular weight excluding hydrogens is 374 g/mol. The van der Waals surface area contributed by atoms with Crippen molar-refractivity contribution in [3.8, 4) is 0 Å². The van der Waals surface area contributed by atoms with Gasteiger partial charge in [-0.2, -0.15) is 0 Å². The Bertz CT molecular complexity index is 604. The molecule has 0 unspecified atom stereocenters. The third-order valence-corrected chi connectivity index (χ3v) is 5.17. The fourth-order valence-electron chi connectivity index (χ4n) is 2.64. The van der Waals surface area contributed by atoms with Crippen LogP contribution in [0.15, 0.2) is 46.9 Å². The first-order valence-electron chi connectivity index (χ1n) is 6.64. The summed E-state index contributed by atoms with van der Waals surface area (Å²) >= 11 is 15.9. The van der Waals surface area contributed by atoms with E-state index in [1.807, 2.05) is 31.2 Å². The molecule has 0 bridgehead atoms. The standard InChI is InChI=1S/C17H16BrCl2F/c1-12-4-2-3-5-16(12)17(10-19,11-20)9-13-6-14(18)8-15(21)7-13/h2-8H,9-11H2,1H3. The number of alkyl halides is 2. The van der Waals surface area contributed by atoms with Gasteiger partial charge < -0.3 is 0 Å². The van der Waals surface area contributed by atoms with Crippen molar-refractivity contribution in [2.45, 2.75) is 18.8 Å². The maximum Gasteiger partial charge on any atom is 0.124 e. The van der Waals surface area contributed by atoms with E-state index in [1.165, 1.54) is 12.1 Å². The normalized spacial score (nSPS) is 11.7. The van der Waals surface area contributed by atoms with Crippen LogP contribution in [0, 0.1) is 12.7 Å². The summed E-state index contributed by atoms with van der Waals surface area (Å²) in [5, 5.41) is 0. The number of aryl methyl sites for hydroxylation is 1. The maximum absolute atomic E-state index is 13.6. The maximum atomic E-state index is 13.6. The minimum absolute atomic E-state index is 0.262. The molecule has 0 amide bonds. The minimum Gasteiger partial charge on any atom is -0.207 e. The largest absolute Gasteiger partial charge is 0.207 e. The Morgan fingerprint density at radius 2 is 1.76 bits per heavy atom. The predicted molar refractivity (Wildman–Crippen MR) is 92.1 cm³/mol. The molecule has 2 rings (SSSR count). The summed E-state index contributed by atoms with van der Waals surface area (Å²) in [5.74, 6) is 0.507. The van der Waals surface area contributed by atoms with Crippen LogP contribution in [0.25, 0.3) is 0 Å². The monoisotopic (exact) mass is 388 g/mol. The van der Waals surface area contributed by atoms with Crippen LogP contribution in [-0.4, -0.2) is 11.8 Å². The molecule has 0 aliphatic carbocycles. The fourth-order valence-corrected chi connectivity index (χ4v) is 3.92. The van der Waals surface area contributed by atoms with E-state index in [0.717, 1.165) is 21.2 Å². The van der Waals surface area contributed by atoms with Gasteiger partial charge in [-0.1, -0.05) is 40.2 Å². The third kappa shape index (κ3) is 3.80. The number of benzene rings is 2. The Hall–Kier alpha value is -0.570. The molecule has 0 aliphatic heterocycles. The second kappa shape index (κ2) is 7.13. The predicted octanol–water partition coefficient (Wildman–Crippen LogP) is 5.85. The molecule has 0 nitrogen and oxygen atoms in total. The quantitative estimate of drug-likeness (QED) is 0.562. The van der Waals surface area contributed by atoms with Gasteiger partial charge in [-0.3, -0.25) is 0 Å². The lowest BCUT2D eigenvalue weighted by Crippen LogP contribution is -2.34. The van der Waals surface area contributed by atoms with Crippen molar-refractivity contribution in [2.24, 2.45) is 0 Å². The summed E-state index contributed by atoms with van der Waals surface area (Å²) in [7, 11) is 0. The topological polar surface area (TPSA) is 0 Å². The molecule has 0 saturated heterocycles. The molecule has 0 spiro atoms. The lowest BCUT2D eigenvalue weighted by atomic mass is 9.77. The average molecular weight is 390 g/mol. The number of hydrogen-bond acceptors (Lipinski definition) is 0. The molecule has 112 valence electrons. The van der Waals surface area contributed by atoms with Crippen LogP contribution in [0.2, 0.25) is 0 Å². The second-order valence-electron chi connectivity index (χ2n) is 5.32. The molecule has 0 N–H and O–H groups in total. The van der Waals surface area contributed by atoms with Crippen molar-refractivity contribution in [1.29, 1.82) is 0 Å². The van der Waals surface area contributed by atoms with Crippen LogP contribution >= 0.6 is 39.1 Å². The molecule has 0 radical (unpaired) electrons. The third-order valence-electron chi connectivity index (χ3n) is 3.69. The Balaban J connectivity index is 2.45. The molecule has 0 fully saturated rings. The van der Waals surface area contributed by atoms with E-state index in [-0.39, 0.29) is 5.82 Å². The van der Waals surface area contributed by atoms with Crippen LogP contribution in [0.5, 0.6) is 0 Å². The smallest absolute Gasteiger partial charge is 0.124 e. The van der Waals surface area contributed by atoms with Gasteiger partial charge in [-0.15, -0.1) is 23.2 Å². The summed E-state index contributed by atoms with van der Waals surface area (Å²) in [6.45, 7) is 2.05. The van der Waals surface area contributed by atoms with Crippen LogP contribution in [0.3, 0.4) is 0 Å². The summed E-state index contributed by atoms with van der Waals surface area (Å²) in [4.78, 5) is 0. The number of halogens is 4. The lowest BCUT2D eigenvalue weighted by molar-refractivity contribution is 0.529. The molecular formula is C17H16BrCl2F.